The number of aliphatic hydroxyl groups is 1. The summed E-state index contributed by atoms with van der Waals surface area (Å²) in [4.78, 5) is 22.9. The molecule has 0 aromatic rings. The average Bonchev–Trinajstić information content (AvgIpc) is 3.26. The second-order valence-corrected chi connectivity index (χ2v) is 19.9. The summed E-state index contributed by atoms with van der Waals surface area (Å²) in [6, 6.07) is -0.775. The molecule has 0 aromatic heterocycles. The van der Waals surface area contributed by atoms with E-state index in [4.69, 9.17) is 14.8 Å². The number of aliphatic hydroxyl groups excluding tert-OH is 1. The zero-order valence-corrected chi connectivity index (χ0v) is 42.0. The first-order valence-electron chi connectivity index (χ1n) is 27.0. The summed E-state index contributed by atoms with van der Waals surface area (Å²) in [5.41, 5.74) is 5.41. The molecule has 3 unspecified atom stereocenters. The van der Waals surface area contributed by atoms with Gasteiger partial charge in [0.25, 0.3) is 0 Å². The molecule has 8 nitrogen and oxygen atoms in total. The summed E-state index contributed by atoms with van der Waals surface area (Å²) in [7, 11) is -4.32. The highest BCUT2D eigenvalue weighted by molar-refractivity contribution is 7.47. The second-order valence-electron chi connectivity index (χ2n) is 18.4. The molecule has 0 bridgehead atoms. The number of unbranched alkanes of at least 4 members (excludes halogenated alkanes) is 35. The van der Waals surface area contributed by atoms with Crippen LogP contribution in [-0.4, -0.2) is 47.8 Å². The Labute approximate surface area is 385 Å². The average molecular weight is 897 g/mol. The van der Waals surface area contributed by atoms with Crippen LogP contribution in [0.3, 0.4) is 0 Å². The fourth-order valence-corrected chi connectivity index (χ4v) is 8.99. The Balaban J connectivity index is 4.01. The van der Waals surface area contributed by atoms with Crippen LogP contribution >= 0.6 is 7.82 Å². The minimum absolute atomic E-state index is 0.0897. The van der Waals surface area contributed by atoms with Crippen molar-refractivity contribution in [3.05, 3.63) is 24.3 Å². The first kappa shape index (κ1) is 61.0. The van der Waals surface area contributed by atoms with Gasteiger partial charge in [-0.1, -0.05) is 250 Å². The molecule has 3 atom stereocenters. The fraction of sp³-hybridized carbons (Fsp3) is 0.906. The molecule has 0 fully saturated rings. The van der Waals surface area contributed by atoms with Crippen molar-refractivity contribution in [3.63, 3.8) is 0 Å². The van der Waals surface area contributed by atoms with Crippen LogP contribution in [0.15, 0.2) is 24.3 Å². The third-order valence-corrected chi connectivity index (χ3v) is 13.3. The quantitative estimate of drug-likeness (QED) is 0.0272. The molecule has 9 heteroatoms. The number of carbonyl (C=O) groups is 1. The van der Waals surface area contributed by atoms with Crippen molar-refractivity contribution in [1.29, 1.82) is 0 Å². The maximum atomic E-state index is 12.9. The molecule has 0 aliphatic carbocycles. The van der Waals surface area contributed by atoms with Crippen molar-refractivity contribution in [2.24, 2.45) is 5.73 Å². The third kappa shape index (κ3) is 47.0. The van der Waals surface area contributed by atoms with Gasteiger partial charge in [0.1, 0.15) is 0 Å². The zero-order chi connectivity index (χ0) is 45.3. The number of phosphoric acid groups is 1. The predicted octanol–water partition coefficient (Wildman–Crippen LogP) is 16.1. The van der Waals surface area contributed by atoms with Crippen molar-refractivity contribution in [1.82, 2.24) is 5.32 Å². The van der Waals surface area contributed by atoms with E-state index >= 15 is 0 Å². The van der Waals surface area contributed by atoms with Gasteiger partial charge in [0, 0.05) is 13.0 Å². The summed E-state index contributed by atoms with van der Waals surface area (Å²) in [6.45, 7) is 4.24. The fourth-order valence-electron chi connectivity index (χ4n) is 8.23. The highest BCUT2D eigenvalue weighted by Crippen LogP contribution is 2.43. The van der Waals surface area contributed by atoms with Crippen molar-refractivity contribution in [3.8, 4) is 0 Å². The van der Waals surface area contributed by atoms with Crippen LogP contribution in [0.1, 0.15) is 277 Å². The van der Waals surface area contributed by atoms with Gasteiger partial charge in [-0.2, -0.15) is 0 Å². The number of hydrogen-bond acceptors (Lipinski definition) is 6. The van der Waals surface area contributed by atoms with Gasteiger partial charge in [0.2, 0.25) is 5.91 Å². The van der Waals surface area contributed by atoms with Gasteiger partial charge in [0.15, 0.2) is 0 Å². The van der Waals surface area contributed by atoms with Gasteiger partial charge in [-0.25, -0.2) is 4.57 Å². The lowest BCUT2D eigenvalue weighted by molar-refractivity contribution is -0.123. The summed E-state index contributed by atoms with van der Waals surface area (Å²) in [6.07, 6.45) is 59.2. The Morgan fingerprint density at radius 2 is 0.887 bits per heavy atom. The molecule has 1 amide bonds. The van der Waals surface area contributed by atoms with Gasteiger partial charge in [-0.3, -0.25) is 13.8 Å². The van der Waals surface area contributed by atoms with E-state index in [1.807, 2.05) is 0 Å². The van der Waals surface area contributed by atoms with E-state index in [-0.39, 0.29) is 25.7 Å². The molecule has 0 spiro atoms. The largest absolute Gasteiger partial charge is 0.472 e. The summed E-state index contributed by atoms with van der Waals surface area (Å²) < 4.78 is 22.3. The van der Waals surface area contributed by atoms with E-state index in [1.165, 1.54) is 205 Å². The number of hydrogen-bond donors (Lipinski definition) is 4. The summed E-state index contributed by atoms with van der Waals surface area (Å²) in [5.74, 6) is -0.160. The third-order valence-electron chi connectivity index (χ3n) is 12.3. The van der Waals surface area contributed by atoms with Crippen molar-refractivity contribution in [2.75, 3.05) is 19.8 Å². The van der Waals surface area contributed by atoms with Crippen molar-refractivity contribution in [2.45, 2.75) is 289 Å². The van der Waals surface area contributed by atoms with Crippen LogP contribution in [0.4, 0.5) is 0 Å². The summed E-state index contributed by atoms with van der Waals surface area (Å²) in [5, 5.41) is 13.9. The molecule has 0 saturated carbocycles. The maximum Gasteiger partial charge on any atom is 0.472 e. The Kier molecular flexibility index (Phi) is 48.6. The molecule has 62 heavy (non-hydrogen) atoms. The first-order valence-corrected chi connectivity index (χ1v) is 28.4. The minimum Gasteiger partial charge on any atom is -0.391 e. The number of rotatable bonds is 51. The zero-order valence-electron chi connectivity index (χ0n) is 41.1. The highest BCUT2D eigenvalue weighted by atomic mass is 31.2. The lowest BCUT2D eigenvalue weighted by Crippen LogP contribution is -2.46. The van der Waals surface area contributed by atoms with E-state index in [0.717, 1.165) is 44.9 Å². The van der Waals surface area contributed by atoms with Gasteiger partial charge in [-0.05, 0) is 44.9 Å². The maximum absolute atomic E-state index is 12.9. The van der Waals surface area contributed by atoms with Crippen LogP contribution in [-0.2, 0) is 18.4 Å². The molecule has 0 radical (unpaired) electrons. The normalized spacial score (nSPS) is 14.0. The van der Waals surface area contributed by atoms with Crippen molar-refractivity contribution < 1.29 is 28.4 Å². The van der Waals surface area contributed by atoms with Gasteiger partial charge in [0.05, 0.1) is 25.4 Å². The van der Waals surface area contributed by atoms with E-state index in [9.17, 15) is 19.4 Å². The Morgan fingerprint density at radius 1 is 0.532 bits per heavy atom. The Morgan fingerprint density at radius 3 is 1.27 bits per heavy atom. The van der Waals surface area contributed by atoms with Gasteiger partial charge < -0.3 is 21.1 Å². The molecule has 0 aliphatic rings. The molecule has 5 N–H and O–H groups in total. The molecule has 0 aromatic carbocycles. The van der Waals surface area contributed by atoms with Crippen LogP contribution in [0.2, 0.25) is 0 Å². The Bertz CT molecular complexity index is 1030. The summed E-state index contributed by atoms with van der Waals surface area (Å²) >= 11 is 0. The van der Waals surface area contributed by atoms with Crippen molar-refractivity contribution >= 4 is 13.7 Å². The van der Waals surface area contributed by atoms with Crippen LogP contribution in [0, 0.1) is 0 Å². The van der Waals surface area contributed by atoms with Crippen LogP contribution in [0.25, 0.3) is 0 Å². The number of allylic oxidation sites excluding steroid dienone is 4. The number of nitrogens with one attached hydrogen (secondary N) is 1. The highest BCUT2D eigenvalue weighted by Gasteiger charge is 2.27. The molecular formula is C53H105N2O6P. The van der Waals surface area contributed by atoms with E-state index in [0.29, 0.717) is 12.8 Å². The second kappa shape index (κ2) is 49.4. The number of phosphoric ester groups is 1. The lowest BCUT2D eigenvalue weighted by atomic mass is 10.0. The molecule has 0 aliphatic heterocycles. The number of carbonyl (C=O) groups excluding carboxylic acids is 1. The number of amides is 1. The van der Waals surface area contributed by atoms with Gasteiger partial charge in [-0.15, -0.1) is 0 Å². The van der Waals surface area contributed by atoms with Crippen LogP contribution < -0.4 is 11.1 Å². The van der Waals surface area contributed by atoms with E-state index in [2.05, 4.69) is 43.5 Å². The van der Waals surface area contributed by atoms with Gasteiger partial charge >= 0.3 is 7.82 Å². The molecule has 0 heterocycles. The molecule has 368 valence electrons. The topological polar surface area (TPSA) is 131 Å². The standard InChI is InChI=1S/C53H105N2O6P/c1-3-5-7-9-11-13-15-17-19-21-23-25-26-27-29-31-33-35-37-39-41-43-45-47-53(57)55-51(50-61-62(58,59)60-49-48-54)52(56)46-44-42-40-38-36-34-32-30-28-24-22-20-18-16-14-12-10-8-6-4-2/h15,17,21,23,51-52,56H,3-14,16,18-20,22,24-50,54H2,1-2H3,(H,55,57)(H,58,59)/b17-15-,23-21-. The molecule has 0 saturated heterocycles. The lowest BCUT2D eigenvalue weighted by Gasteiger charge is -2.25. The van der Waals surface area contributed by atoms with Crippen LogP contribution in [0.5, 0.6) is 0 Å². The van der Waals surface area contributed by atoms with E-state index in [1.54, 1.807) is 0 Å². The first-order chi connectivity index (χ1) is 30.4. The number of nitrogens with two attached hydrogens (primary N) is 1. The SMILES string of the molecule is CCCCCCC/C=C\C/C=C\CCCCCCCCCCCCCC(=O)NC(COP(=O)(O)OCCN)C(O)CCCCCCCCCCCCCCCCCCCCCC. The smallest absolute Gasteiger partial charge is 0.391 e. The minimum atomic E-state index is -4.32. The van der Waals surface area contributed by atoms with E-state index < -0.39 is 20.0 Å². The monoisotopic (exact) mass is 897 g/mol. The Hall–Kier alpha value is -1.02. The molecule has 0 rings (SSSR count). The predicted molar refractivity (Wildman–Crippen MR) is 268 cm³/mol. The molecular weight excluding hydrogens is 792 g/mol.